The van der Waals surface area contributed by atoms with Gasteiger partial charge in [-0.25, -0.2) is 0 Å². The smallest absolute Gasteiger partial charge is 0.406 e. The van der Waals surface area contributed by atoms with Gasteiger partial charge in [0.25, 0.3) is 0 Å². The normalized spacial score (nSPS) is 23.6. The maximum absolute atomic E-state index is 12.1. The molecule has 112 valence electrons. The molecule has 1 aliphatic rings. The summed E-state index contributed by atoms with van der Waals surface area (Å²) in [4.78, 5) is 0. The minimum atomic E-state index is -4.65. The van der Waals surface area contributed by atoms with E-state index in [9.17, 15) is 13.2 Å². The van der Waals surface area contributed by atoms with Crippen LogP contribution in [0, 0.1) is 0 Å². The van der Waals surface area contributed by atoms with Crippen LogP contribution in [0.3, 0.4) is 0 Å². The average Bonchev–Trinajstić information content (AvgIpc) is 2.36. The Bertz CT molecular complexity index is 429. The first kappa shape index (κ1) is 15.1. The first-order chi connectivity index (χ1) is 9.42. The summed E-state index contributed by atoms with van der Waals surface area (Å²) in [5, 5.41) is 3.36. The number of benzene rings is 1. The van der Waals surface area contributed by atoms with E-state index in [4.69, 9.17) is 5.73 Å². The van der Waals surface area contributed by atoms with Crippen molar-refractivity contribution < 1.29 is 17.9 Å². The van der Waals surface area contributed by atoms with Crippen LogP contribution in [0.2, 0.25) is 0 Å². The third-order valence-corrected chi connectivity index (χ3v) is 3.50. The van der Waals surface area contributed by atoms with Gasteiger partial charge in [0.2, 0.25) is 0 Å². The molecule has 0 radical (unpaired) electrons. The summed E-state index contributed by atoms with van der Waals surface area (Å²) in [5.74, 6) is -0.178. The number of alkyl halides is 3. The molecule has 0 bridgehead atoms. The van der Waals surface area contributed by atoms with Crippen molar-refractivity contribution in [2.45, 2.75) is 50.7 Å². The molecule has 0 aromatic heterocycles. The second-order valence-electron chi connectivity index (χ2n) is 5.19. The lowest BCUT2D eigenvalue weighted by Gasteiger charge is -2.27. The van der Waals surface area contributed by atoms with Crippen molar-refractivity contribution in [2.75, 3.05) is 0 Å². The largest absolute Gasteiger partial charge is 0.573 e. The van der Waals surface area contributed by atoms with E-state index in [-0.39, 0.29) is 11.8 Å². The number of nitrogens with one attached hydrogen (secondary N) is 1. The van der Waals surface area contributed by atoms with Crippen LogP contribution < -0.4 is 15.8 Å². The molecule has 3 nitrogen and oxygen atoms in total. The molecule has 6 heteroatoms. The first-order valence-corrected chi connectivity index (χ1v) is 6.76. The molecule has 2 rings (SSSR count). The van der Waals surface area contributed by atoms with Crippen LogP contribution in [0.25, 0.3) is 0 Å². The Morgan fingerprint density at radius 3 is 2.55 bits per heavy atom. The number of hydrogen-bond donors (Lipinski definition) is 2. The second kappa shape index (κ2) is 6.45. The Morgan fingerprint density at radius 1 is 1.20 bits per heavy atom. The summed E-state index contributed by atoms with van der Waals surface area (Å²) in [6.07, 6.45) is -0.630. The van der Waals surface area contributed by atoms with Gasteiger partial charge in [-0.1, -0.05) is 12.1 Å². The van der Waals surface area contributed by atoms with Crippen molar-refractivity contribution in [2.24, 2.45) is 5.73 Å². The third kappa shape index (κ3) is 5.02. The van der Waals surface area contributed by atoms with E-state index in [0.29, 0.717) is 12.6 Å². The summed E-state index contributed by atoms with van der Waals surface area (Å²) in [6, 6.07) is 6.74. The third-order valence-electron chi connectivity index (χ3n) is 3.50. The fourth-order valence-electron chi connectivity index (χ4n) is 2.44. The molecule has 3 N–H and O–H groups in total. The van der Waals surface area contributed by atoms with Gasteiger partial charge in [-0.3, -0.25) is 0 Å². The predicted molar refractivity (Wildman–Crippen MR) is 70.2 cm³/mol. The van der Waals surface area contributed by atoms with Gasteiger partial charge in [-0.2, -0.15) is 0 Å². The van der Waals surface area contributed by atoms with Gasteiger partial charge in [0.1, 0.15) is 5.75 Å². The lowest BCUT2D eigenvalue weighted by Crippen LogP contribution is -2.37. The quantitative estimate of drug-likeness (QED) is 0.895. The summed E-state index contributed by atoms with van der Waals surface area (Å²) in [5.41, 5.74) is 6.61. The van der Waals surface area contributed by atoms with Crippen LogP contribution in [-0.2, 0) is 6.54 Å². The fraction of sp³-hybridized carbons (Fsp3) is 0.571. The van der Waals surface area contributed by atoms with E-state index in [2.05, 4.69) is 10.1 Å². The summed E-state index contributed by atoms with van der Waals surface area (Å²) < 4.78 is 40.3. The number of rotatable bonds is 4. The minimum absolute atomic E-state index is 0.178. The van der Waals surface area contributed by atoms with Gasteiger partial charge < -0.3 is 15.8 Å². The molecule has 0 aliphatic heterocycles. The van der Waals surface area contributed by atoms with Crippen LogP contribution in [0.5, 0.6) is 5.75 Å². The van der Waals surface area contributed by atoms with Crippen LogP contribution >= 0.6 is 0 Å². The maximum atomic E-state index is 12.1. The van der Waals surface area contributed by atoms with Crippen LogP contribution in [-0.4, -0.2) is 18.4 Å². The van der Waals surface area contributed by atoms with Crippen molar-refractivity contribution in [3.63, 3.8) is 0 Å². The van der Waals surface area contributed by atoms with Gasteiger partial charge in [-0.05, 0) is 43.4 Å². The topological polar surface area (TPSA) is 47.3 Å². The zero-order valence-electron chi connectivity index (χ0n) is 11.1. The van der Waals surface area contributed by atoms with Gasteiger partial charge in [-0.15, -0.1) is 13.2 Å². The summed E-state index contributed by atoms with van der Waals surface area (Å²) in [6.45, 7) is 0.537. The van der Waals surface area contributed by atoms with E-state index in [1.165, 1.54) is 12.1 Å². The highest BCUT2D eigenvalue weighted by atomic mass is 19.4. The number of ether oxygens (including phenoxy) is 1. The van der Waals surface area contributed by atoms with Crippen molar-refractivity contribution in [3.05, 3.63) is 29.8 Å². The molecule has 20 heavy (non-hydrogen) atoms. The number of halogens is 3. The summed E-state index contributed by atoms with van der Waals surface area (Å²) >= 11 is 0. The maximum Gasteiger partial charge on any atom is 0.573 e. The Hall–Kier alpha value is -1.27. The van der Waals surface area contributed by atoms with Crippen LogP contribution in [0.15, 0.2) is 24.3 Å². The average molecular weight is 288 g/mol. The molecular formula is C14H19F3N2O. The molecule has 0 unspecified atom stereocenters. The molecule has 1 aliphatic carbocycles. The van der Waals surface area contributed by atoms with Gasteiger partial charge in [0.05, 0.1) is 0 Å². The van der Waals surface area contributed by atoms with Gasteiger partial charge >= 0.3 is 6.36 Å². The monoisotopic (exact) mass is 288 g/mol. The fourth-order valence-corrected chi connectivity index (χ4v) is 2.44. The van der Waals surface area contributed by atoms with E-state index in [0.717, 1.165) is 31.2 Å². The lowest BCUT2D eigenvalue weighted by atomic mass is 9.92. The van der Waals surface area contributed by atoms with Crippen molar-refractivity contribution in [1.29, 1.82) is 0 Å². The molecular weight excluding hydrogens is 269 g/mol. The zero-order valence-corrected chi connectivity index (χ0v) is 11.1. The molecule has 0 amide bonds. The highest BCUT2D eigenvalue weighted by Gasteiger charge is 2.31. The van der Waals surface area contributed by atoms with Crippen molar-refractivity contribution in [1.82, 2.24) is 5.32 Å². The van der Waals surface area contributed by atoms with E-state index >= 15 is 0 Å². The molecule has 1 aromatic carbocycles. The number of hydrogen-bond acceptors (Lipinski definition) is 3. The van der Waals surface area contributed by atoms with E-state index < -0.39 is 6.36 Å². The summed E-state index contributed by atoms with van der Waals surface area (Å²) in [7, 11) is 0. The lowest BCUT2D eigenvalue weighted by molar-refractivity contribution is -0.274. The zero-order chi connectivity index (χ0) is 14.6. The first-order valence-electron chi connectivity index (χ1n) is 6.76. The molecule has 0 spiro atoms. The Labute approximate surface area is 116 Å². The van der Waals surface area contributed by atoms with Crippen LogP contribution in [0.4, 0.5) is 13.2 Å². The molecule has 0 heterocycles. The van der Waals surface area contributed by atoms with Crippen molar-refractivity contribution in [3.8, 4) is 5.75 Å². The van der Waals surface area contributed by atoms with Crippen LogP contribution in [0.1, 0.15) is 31.2 Å². The molecule has 0 atom stereocenters. The molecule has 1 saturated carbocycles. The molecule has 1 fully saturated rings. The second-order valence-corrected chi connectivity index (χ2v) is 5.19. The SMILES string of the molecule is NC1CCC(NCc2cccc(OC(F)(F)F)c2)CC1. The van der Waals surface area contributed by atoms with Gasteiger partial charge in [0, 0.05) is 18.6 Å². The highest BCUT2D eigenvalue weighted by Crippen LogP contribution is 2.23. The van der Waals surface area contributed by atoms with Gasteiger partial charge in [0.15, 0.2) is 0 Å². The van der Waals surface area contributed by atoms with E-state index in [1.807, 2.05) is 0 Å². The predicted octanol–water partition coefficient (Wildman–Crippen LogP) is 2.94. The Kier molecular flexibility index (Phi) is 4.88. The van der Waals surface area contributed by atoms with E-state index in [1.54, 1.807) is 12.1 Å². The molecule has 0 saturated heterocycles. The highest BCUT2D eigenvalue weighted by molar-refractivity contribution is 5.28. The molecule has 1 aromatic rings. The Morgan fingerprint density at radius 2 is 1.90 bits per heavy atom. The Balaban J connectivity index is 1.85. The van der Waals surface area contributed by atoms with Crippen molar-refractivity contribution >= 4 is 0 Å². The standard InChI is InChI=1S/C14H19F3N2O/c15-14(16,17)20-13-3-1-2-10(8-13)9-19-12-6-4-11(18)5-7-12/h1-3,8,11-12,19H,4-7,9,18H2. The minimum Gasteiger partial charge on any atom is -0.406 e. The number of nitrogens with two attached hydrogens (primary N) is 1.